The van der Waals surface area contributed by atoms with E-state index in [1.54, 1.807) is 6.20 Å². The summed E-state index contributed by atoms with van der Waals surface area (Å²) < 4.78 is 6.02. The molecule has 5 nitrogen and oxygen atoms in total. The van der Waals surface area contributed by atoms with Crippen molar-refractivity contribution in [3.8, 4) is 17.0 Å². The Morgan fingerprint density at radius 1 is 1.30 bits per heavy atom. The molecule has 0 saturated carbocycles. The second-order valence-electron chi connectivity index (χ2n) is 7.40. The maximum Gasteiger partial charge on any atom is 0.247 e. The molecule has 1 atom stereocenters. The predicted molar refractivity (Wildman–Crippen MR) is 105 cm³/mol. The SMILES string of the molecule is Cc1cnc(C)c(-c2ccc3c(c2)C[C@@H](CNC(=O)C2=CCCCC2)O3)n1. The van der Waals surface area contributed by atoms with E-state index in [1.807, 2.05) is 26.0 Å². The van der Waals surface area contributed by atoms with E-state index in [-0.39, 0.29) is 12.0 Å². The van der Waals surface area contributed by atoms with Gasteiger partial charge in [-0.25, -0.2) is 4.98 Å². The van der Waals surface area contributed by atoms with Gasteiger partial charge in [-0.3, -0.25) is 9.78 Å². The molecule has 4 rings (SSSR count). The van der Waals surface area contributed by atoms with Crippen molar-refractivity contribution in [3.63, 3.8) is 0 Å². The topological polar surface area (TPSA) is 64.1 Å². The highest BCUT2D eigenvalue weighted by Crippen LogP contribution is 2.33. The van der Waals surface area contributed by atoms with Gasteiger partial charge < -0.3 is 10.1 Å². The zero-order valence-electron chi connectivity index (χ0n) is 15.9. The molecule has 0 unspecified atom stereocenters. The predicted octanol–water partition coefficient (Wildman–Crippen LogP) is 3.68. The quantitative estimate of drug-likeness (QED) is 0.900. The second-order valence-corrected chi connectivity index (χ2v) is 7.40. The number of carbonyl (C=O) groups is 1. The van der Waals surface area contributed by atoms with Crippen LogP contribution in [0, 0.1) is 13.8 Å². The van der Waals surface area contributed by atoms with Crippen LogP contribution >= 0.6 is 0 Å². The first-order chi connectivity index (χ1) is 13.1. The number of fused-ring (bicyclic) bond motifs is 1. The lowest BCUT2D eigenvalue weighted by Crippen LogP contribution is -2.35. The van der Waals surface area contributed by atoms with Crippen LogP contribution in [0.1, 0.15) is 42.6 Å². The van der Waals surface area contributed by atoms with Gasteiger partial charge in [0.05, 0.1) is 23.6 Å². The third-order valence-corrected chi connectivity index (χ3v) is 5.22. The molecule has 0 spiro atoms. The highest BCUT2D eigenvalue weighted by molar-refractivity contribution is 5.93. The Balaban J connectivity index is 1.42. The molecule has 1 aliphatic carbocycles. The molecule has 2 aliphatic rings. The van der Waals surface area contributed by atoms with Gasteiger partial charge in [0, 0.05) is 23.8 Å². The largest absolute Gasteiger partial charge is 0.488 e. The zero-order chi connectivity index (χ0) is 18.8. The molecule has 140 valence electrons. The van der Waals surface area contributed by atoms with E-state index < -0.39 is 0 Å². The van der Waals surface area contributed by atoms with Gasteiger partial charge in [-0.2, -0.15) is 0 Å². The van der Waals surface area contributed by atoms with Crippen molar-refractivity contribution in [1.29, 1.82) is 0 Å². The molecule has 27 heavy (non-hydrogen) atoms. The molecule has 1 N–H and O–H groups in total. The number of nitrogens with zero attached hydrogens (tertiary/aromatic N) is 2. The number of aromatic nitrogens is 2. The molecule has 1 amide bonds. The fourth-order valence-electron chi connectivity index (χ4n) is 3.76. The van der Waals surface area contributed by atoms with Crippen molar-refractivity contribution >= 4 is 5.91 Å². The fraction of sp³-hybridized carbons (Fsp3) is 0.409. The first-order valence-corrected chi connectivity index (χ1v) is 9.67. The first kappa shape index (κ1) is 17.7. The molecule has 0 bridgehead atoms. The number of benzene rings is 1. The summed E-state index contributed by atoms with van der Waals surface area (Å²) in [6, 6.07) is 6.17. The Hall–Kier alpha value is -2.69. The van der Waals surface area contributed by atoms with Crippen LogP contribution in [0.25, 0.3) is 11.3 Å². The van der Waals surface area contributed by atoms with Crippen LogP contribution < -0.4 is 10.1 Å². The van der Waals surface area contributed by atoms with E-state index >= 15 is 0 Å². The Labute approximate surface area is 159 Å². The van der Waals surface area contributed by atoms with Crippen LogP contribution in [-0.2, 0) is 11.2 Å². The lowest BCUT2D eigenvalue weighted by molar-refractivity contribution is -0.118. The molecule has 1 aromatic carbocycles. The smallest absolute Gasteiger partial charge is 0.247 e. The minimum Gasteiger partial charge on any atom is -0.488 e. The lowest BCUT2D eigenvalue weighted by Gasteiger charge is -2.15. The zero-order valence-corrected chi connectivity index (χ0v) is 15.9. The van der Waals surface area contributed by atoms with Gasteiger partial charge in [0.1, 0.15) is 11.9 Å². The normalized spacial score (nSPS) is 18.4. The minimum atomic E-state index is -0.0203. The highest BCUT2D eigenvalue weighted by atomic mass is 16.5. The van der Waals surface area contributed by atoms with E-state index in [0.29, 0.717) is 6.54 Å². The van der Waals surface area contributed by atoms with E-state index in [9.17, 15) is 4.79 Å². The Morgan fingerprint density at radius 2 is 2.19 bits per heavy atom. The highest BCUT2D eigenvalue weighted by Gasteiger charge is 2.24. The average molecular weight is 363 g/mol. The molecular weight excluding hydrogens is 338 g/mol. The number of carbonyl (C=O) groups excluding carboxylic acids is 1. The molecule has 5 heteroatoms. The minimum absolute atomic E-state index is 0.0203. The molecular formula is C22H25N3O2. The molecule has 0 radical (unpaired) electrons. The lowest BCUT2D eigenvalue weighted by atomic mass is 9.99. The Kier molecular flexibility index (Phi) is 4.92. The number of hydrogen-bond donors (Lipinski definition) is 1. The molecule has 2 aromatic rings. The molecule has 1 aromatic heterocycles. The van der Waals surface area contributed by atoms with Gasteiger partial charge in [0.25, 0.3) is 0 Å². The number of amides is 1. The van der Waals surface area contributed by atoms with Crippen LogP contribution in [0.3, 0.4) is 0 Å². The van der Waals surface area contributed by atoms with Crippen LogP contribution in [0.4, 0.5) is 0 Å². The van der Waals surface area contributed by atoms with E-state index in [2.05, 4.69) is 27.4 Å². The number of ether oxygens (including phenoxy) is 1. The van der Waals surface area contributed by atoms with Crippen molar-refractivity contribution in [2.24, 2.45) is 0 Å². The number of allylic oxidation sites excluding steroid dienone is 1. The van der Waals surface area contributed by atoms with Crippen molar-refractivity contribution in [3.05, 3.63) is 53.0 Å². The van der Waals surface area contributed by atoms with Crippen LogP contribution in [-0.4, -0.2) is 28.5 Å². The third kappa shape index (κ3) is 3.87. The molecule has 0 fully saturated rings. The maximum atomic E-state index is 12.3. The summed E-state index contributed by atoms with van der Waals surface area (Å²) in [7, 11) is 0. The van der Waals surface area contributed by atoms with E-state index in [0.717, 1.165) is 65.2 Å². The van der Waals surface area contributed by atoms with Gasteiger partial charge in [0.2, 0.25) is 5.91 Å². The van der Waals surface area contributed by atoms with Crippen molar-refractivity contribution in [2.45, 2.75) is 52.1 Å². The summed E-state index contributed by atoms with van der Waals surface area (Å²) in [5.41, 5.74) is 5.88. The van der Waals surface area contributed by atoms with Gasteiger partial charge in [0.15, 0.2) is 0 Å². The van der Waals surface area contributed by atoms with Gasteiger partial charge in [-0.05, 0) is 63.3 Å². The fourth-order valence-corrected chi connectivity index (χ4v) is 3.76. The van der Waals surface area contributed by atoms with Crippen molar-refractivity contribution < 1.29 is 9.53 Å². The molecule has 0 saturated heterocycles. The maximum absolute atomic E-state index is 12.3. The Bertz CT molecular complexity index is 904. The Morgan fingerprint density at radius 3 is 3.00 bits per heavy atom. The number of aryl methyl sites for hydroxylation is 2. The first-order valence-electron chi connectivity index (χ1n) is 9.67. The number of nitrogens with one attached hydrogen (secondary N) is 1. The van der Waals surface area contributed by atoms with Crippen molar-refractivity contribution in [1.82, 2.24) is 15.3 Å². The monoisotopic (exact) mass is 363 g/mol. The molecule has 2 heterocycles. The van der Waals surface area contributed by atoms with Crippen molar-refractivity contribution in [2.75, 3.05) is 6.54 Å². The summed E-state index contributed by atoms with van der Waals surface area (Å²) in [4.78, 5) is 21.3. The van der Waals surface area contributed by atoms with Crippen LogP contribution in [0.5, 0.6) is 5.75 Å². The van der Waals surface area contributed by atoms with Crippen LogP contribution in [0.15, 0.2) is 36.0 Å². The second kappa shape index (κ2) is 7.51. The molecule has 1 aliphatic heterocycles. The summed E-state index contributed by atoms with van der Waals surface area (Å²) in [6.45, 7) is 4.46. The summed E-state index contributed by atoms with van der Waals surface area (Å²) >= 11 is 0. The average Bonchev–Trinajstić information content (AvgIpc) is 3.10. The van der Waals surface area contributed by atoms with Gasteiger partial charge in [-0.1, -0.05) is 6.08 Å². The van der Waals surface area contributed by atoms with E-state index in [1.165, 1.54) is 6.42 Å². The van der Waals surface area contributed by atoms with Gasteiger partial charge in [-0.15, -0.1) is 0 Å². The third-order valence-electron chi connectivity index (χ3n) is 5.22. The summed E-state index contributed by atoms with van der Waals surface area (Å²) in [5, 5.41) is 3.04. The summed E-state index contributed by atoms with van der Waals surface area (Å²) in [5.74, 6) is 0.953. The number of hydrogen-bond acceptors (Lipinski definition) is 4. The van der Waals surface area contributed by atoms with Crippen LogP contribution in [0.2, 0.25) is 0 Å². The van der Waals surface area contributed by atoms with Gasteiger partial charge >= 0.3 is 0 Å². The van der Waals surface area contributed by atoms with E-state index in [4.69, 9.17) is 4.74 Å². The standard InChI is InChI=1S/C22H25N3O2/c1-14-12-23-15(2)21(25-14)17-8-9-20-18(10-17)11-19(27-20)13-24-22(26)16-6-4-3-5-7-16/h6,8-10,12,19H,3-5,7,11,13H2,1-2H3,(H,24,26)/t19-/m0/s1. The number of rotatable bonds is 4. The summed E-state index contributed by atoms with van der Waals surface area (Å²) in [6.07, 6.45) is 8.82.